The number of hydrogen-bond donors (Lipinski definition) is 1. The van der Waals surface area contributed by atoms with Gasteiger partial charge in [-0.05, 0) is 25.0 Å². The number of aliphatic hydroxyl groups is 1. The van der Waals surface area contributed by atoms with Crippen LogP contribution >= 0.6 is 0 Å². The van der Waals surface area contributed by atoms with E-state index in [1.165, 1.54) is 0 Å². The van der Waals surface area contributed by atoms with Crippen molar-refractivity contribution in [2.75, 3.05) is 7.05 Å². The van der Waals surface area contributed by atoms with Gasteiger partial charge in [0, 0.05) is 18.8 Å². The fourth-order valence-corrected chi connectivity index (χ4v) is 1.02. The van der Waals surface area contributed by atoms with Crippen LogP contribution in [0.4, 0.5) is 0 Å². The minimum Gasteiger partial charge on any atom is -0.494 e. The zero-order chi connectivity index (χ0) is 8.59. The first-order valence-corrected chi connectivity index (χ1v) is 3.55. The zero-order valence-electron chi connectivity index (χ0n) is 7.18. The molecule has 2 heteroatoms. The average molecular weight is 151 g/mol. The highest BCUT2D eigenvalue weighted by atomic mass is 16.3. The van der Waals surface area contributed by atoms with Gasteiger partial charge in [-0.2, -0.15) is 0 Å². The van der Waals surface area contributed by atoms with E-state index in [1.54, 1.807) is 18.0 Å². The highest BCUT2D eigenvalue weighted by Crippen LogP contribution is 2.24. The van der Waals surface area contributed by atoms with E-state index in [-0.39, 0.29) is 5.88 Å². The average Bonchev–Trinajstić information content (AvgIpc) is 1.97. The van der Waals surface area contributed by atoms with Gasteiger partial charge in [0.1, 0.15) is 0 Å². The Morgan fingerprint density at radius 3 is 2.55 bits per heavy atom. The second-order valence-electron chi connectivity index (χ2n) is 2.82. The molecule has 0 radical (unpaired) electrons. The molecule has 0 saturated carbocycles. The lowest BCUT2D eigenvalue weighted by Crippen LogP contribution is -2.20. The minimum absolute atomic E-state index is 0.262. The Labute approximate surface area is 67.1 Å². The third-order valence-corrected chi connectivity index (χ3v) is 2.12. The molecule has 0 saturated heterocycles. The van der Waals surface area contributed by atoms with Gasteiger partial charge in [0.05, 0.1) is 0 Å². The van der Waals surface area contributed by atoms with E-state index in [0.29, 0.717) is 0 Å². The number of rotatable bonds is 0. The number of hydrogen-bond acceptors (Lipinski definition) is 2. The second-order valence-corrected chi connectivity index (χ2v) is 2.82. The molecule has 1 N–H and O–H groups in total. The molecule has 1 heterocycles. The molecule has 0 unspecified atom stereocenters. The van der Waals surface area contributed by atoms with Crippen LogP contribution < -0.4 is 0 Å². The third kappa shape index (κ3) is 1.16. The number of aliphatic hydroxyl groups excluding tert-OH is 1. The van der Waals surface area contributed by atoms with Gasteiger partial charge in [-0.25, -0.2) is 0 Å². The molecule has 1 rings (SSSR count). The van der Waals surface area contributed by atoms with Gasteiger partial charge in [0.15, 0.2) is 5.88 Å². The monoisotopic (exact) mass is 151 g/mol. The minimum atomic E-state index is 0.262. The topological polar surface area (TPSA) is 23.5 Å². The lowest BCUT2D eigenvalue weighted by atomic mass is 10.1. The Balaban J connectivity index is 3.11. The second kappa shape index (κ2) is 2.46. The SMILES string of the molecule is C=C1C(C)=C(C)C=C(O)N1C. The molecule has 0 bridgehead atoms. The molecule has 0 aromatic carbocycles. The number of likely N-dealkylation sites (N-methyl/N-ethyl adjacent to an activating group) is 1. The summed E-state index contributed by atoms with van der Waals surface area (Å²) in [5, 5.41) is 9.33. The van der Waals surface area contributed by atoms with Crippen LogP contribution in [-0.2, 0) is 0 Å². The molecular formula is C9H13NO. The van der Waals surface area contributed by atoms with Crippen molar-refractivity contribution in [2.45, 2.75) is 13.8 Å². The summed E-state index contributed by atoms with van der Waals surface area (Å²) < 4.78 is 0. The molecule has 0 atom stereocenters. The highest BCUT2D eigenvalue weighted by Gasteiger charge is 2.14. The maximum Gasteiger partial charge on any atom is 0.191 e. The molecule has 0 amide bonds. The fraction of sp³-hybridized carbons (Fsp3) is 0.333. The molecule has 0 aliphatic carbocycles. The third-order valence-electron chi connectivity index (χ3n) is 2.12. The molecule has 1 aliphatic heterocycles. The van der Waals surface area contributed by atoms with E-state index in [0.717, 1.165) is 16.8 Å². The molecule has 2 nitrogen and oxygen atoms in total. The van der Waals surface area contributed by atoms with Crippen LogP contribution in [0, 0.1) is 0 Å². The summed E-state index contributed by atoms with van der Waals surface area (Å²) in [5.41, 5.74) is 3.07. The van der Waals surface area contributed by atoms with Crippen molar-refractivity contribution in [1.82, 2.24) is 4.90 Å². The summed E-state index contributed by atoms with van der Waals surface area (Å²) in [5.74, 6) is 0.262. The van der Waals surface area contributed by atoms with Crippen molar-refractivity contribution < 1.29 is 5.11 Å². The van der Waals surface area contributed by atoms with Crippen LogP contribution in [0.2, 0.25) is 0 Å². The predicted molar refractivity (Wildman–Crippen MR) is 46.0 cm³/mol. The summed E-state index contributed by atoms with van der Waals surface area (Å²) in [4.78, 5) is 1.67. The van der Waals surface area contributed by atoms with E-state index in [9.17, 15) is 5.11 Å². The van der Waals surface area contributed by atoms with Crippen LogP contribution in [0.3, 0.4) is 0 Å². The van der Waals surface area contributed by atoms with Crippen molar-refractivity contribution in [2.24, 2.45) is 0 Å². The van der Waals surface area contributed by atoms with Gasteiger partial charge in [-0.3, -0.25) is 0 Å². The first-order valence-electron chi connectivity index (χ1n) is 3.55. The maximum atomic E-state index is 9.33. The van der Waals surface area contributed by atoms with E-state index < -0.39 is 0 Å². The van der Waals surface area contributed by atoms with Gasteiger partial charge in [-0.1, -0.05) is 6.58 Å². The normalized spacial score (nSPS) is 19.0. The first-order chi connectivity index (χ1) is 5.04. The fourth-order valence-electron chi connectivity index (χ4n) is 1.02. The lowest BCUT2D eigenvalue weighted by molar-refractivity contribution is 0.268. The Morgan fingerprint density at radius 2 is 2.00 bits per heavy atom. The lowest BCUT2D eigenvalue weighted by Gasteiger charge is -2.26. The smallest absolute Gasteiger partial charge is 0.191 e. The summed E-state index contributed by atoms with van der Waals surface area (Å²) in [6.45, 7) is 7.80. The van der Waals surface area contributed by atoms with Crippen molar-refractivity contribution >= 4 is 0 Å². The molecule has 60 valence electrons. The molecule has 11 heavy (non-hydrogen) atoms. The van der Waals surface area contributed by atoms with E-state index in [1.807, 2.05) is 13.8 Å². The molecule has 0 fully saturated rings. The van der Waals surface area contributed by atoms with Gasteiger partial charge < -0.3 is 10.0 Å². The van der Waals surface area contributed by atoms with Crippen LogP contribution in [0.25, 0.3) is 0 Å². The zero-order valence-corrected chi connectivity index (χ0v) is 7.18. The standard InChI is InChI=1S/C9H13NO/c1-6-5-9(11)10(4)8(3)7(6)2/h5,11H,3H2,1-2,4H3. The maximum absolute atomic E-state index is 9.33. The Morgan fingerprint density at radius 1 is 1.45 bits per heavy atom. The van der Waals surface area contributed by atoms with Crippen LogP contribution in [0.15, 0.2) is 35.4 Å². The largest absolute Gasteiger partial charge is 0.494 e. The predicted octanol–water partition coefficient (Wildman–Crippen LogP) is 2.18. The molecule has 0 aromatic rings. The van der Waals surface area contributed by atoms with Crippen molar-refractivity contribution in [3.05, 3.63) is 35.4 Å². The molecule has 0 aromatic heterocycles. The molecule has 0 spiro atoms. The van der Waals surface area contributed by atoms with Crippen LogP contribution in [0.5, 0.6) is 0 Å². The van der Waals surface area contributed by atoms with E-state index in [2.05, 4.69) is 6.58 Å². The number of nitrogens with zero attached hydrogens (tertiary/aromatic N) is 1. The summed E-state index contributed by atoms with van der Waals surface area (Å²) in [7, 11) is 1.80. The molecular weight excluding hydrogens is 138 g/mol. The van der Waals surface area contributed by atoms with Gasteiger partial charge in [0.2, 0.25) is 0 Å². The van der Waals surface area contributed by atoms with Crippen molar-refractivity contribution in [3.63, 3.8) is 0 Å². The summed E-state index contributed by atoms with van der Waals surface area (Å²) in [6, 6.07) is 0. The number of allylic oxidation sites excluding steroid dienone is 3. The van der Waals surface area contributed by atoms with E-state index in [4.69, 9.17) is 0 Å². The van der Waals surface area contributed by atoms with Crippen LogP contribution in [-0.4, -0.2) is 17.1 Å². The first kappa shape index (κ1) is 7.92. The van der Waals surface area contributed by atoms with Gasteiger partial charge >= 0.3 is 0 Å². The van der Waals surface area contributed by atoms with Crippen molar-refractivity contribution in [3.8, 4) is 0 Å². The summed E-state index contributed by atoms with van der Waals surface area (Å²) in [6.07, 6.45) is 1.74. The quantitative estimate of drug-likeness (QED) is 0.573. The van der Waals surface area contributed by atoms with Crippen LogP contribution in [0.1, 0.15) is 13.8 Å². The van der Waals surface area contributed by atoms with E-state index >= 15 is 0 Å². The highest BCUT2D eigenvalue weighted by molar-refractivity contribution is 5.41. The van der Waals surface area contributed by atoms with Crippen molar-refractivity contribution in [1.29, 1.82) is 0 Å². The van der Waals surface area contributed by atoms with Gasteiger partial charge in [-0.15, -0.1) is 0 Å². The summed E-state index contributed by atoms with van der Waals surface area (Å²) >= 11 is 0. The Bertz CT molecular complexity index is 259. The molecule has 1 aliphatic rings. The Kier molecular flexibility index (Phi) is 1.77. The Hall–Kier alpha value is -1.18. The van der Waals surface area contributed by atoms with Gasteiger partial charge in [0.25, 0.3) is 0 Å².